The fourth-order valence-electron chi connectivity index (χ4n) is 3.22. The molecular formula is C23H23N5O3. The Balaban J connectivity index is 1.30. The van der Waals surface area contributed by atoms with Crippen LogP contribution < -0.4 is 10.1 Å². The van der Waals surface area contributed by atoms with Crippen molar-refractivity contribution in [2.45, 2.75) is 33.8 Å². The van der Waals surface area contributed by atoms with Gasteiger partial charge in [0.25, 0.3) is 0 Å². The summed E-state index contributed by atoms with van der Waals surface area (Å²) in [4.78, 5) is 16.5. The molecular weight excluding hydrogens is 394 g/mol. The first-order chi connectivity index (χ1) is 15.0. The standard InChI is InChI=1S/C23H23N5O3/c1-15-12-16(2)28(26-15)20-8-4-18(5-9-20)13-23(29)25-19-6-10-21(11-7-19)30-14-22-24-17(3)31-27-22/h4-12H,13-14H2,1-3H3,(H,25,29). The van der Waals surface area contributed by atoms with Crippen molar-refractivity contribution in [3.05, 3.63) is 83.3 Å². The van der Waals surface area contributed by atoms with E-state index in [1.165, 1.54) is 0 Å². The van der Waals surface area contributed by atoms with Crippen LogP contribution in [0.3, 0.4) is 0 Å². The van der Waals surface area contributed by atoms with Gasteiger partial charge < -0.3 is 14.6 Å². The fraction of sp³-hybridized carbons (Fsp3) is 0.217. The average molecular weight is 417 g/mol. The van der Waals surface area contributed by atoms with Gasteiger partial charge in [-0.2, -0.15) is 10.1 Å². The monoisotopic (exact) mass is 417 g/mol. The minimum atomic E-state index is -0.0881. The minimum Gasteiger partial charge on any atom is -0.485 e. The van der Waals surface area contributed by atoms with Crippen LogP contribution in [0.15, 0.2) is 59.1 Å². The quantitative estimate of drug-likeness (QED) is 0.489. The molecule has 0 spiro atoms. The van der Waals surface area contributed by atoms with Gasteiger partial charge in [-0.05, 0) is 61.9 Å². The second-order valence-corrected chi connectivity index (χ2v) is 7.27. The van der Waals surface area contributed by atoms with Gasteiger partial charge in [-0.1, -0.05) is 17.3 Å². The highest BCUT2D eigenvalue weighted by atomic mass is 16.5. The van der Waals surface area contributed by atoms with E-state index >= 15 is 0 Å². The second-order valence-electron chi connectivity index (χ2n) is 7.27. The molecule has 1 amide bonds. The molecule has 2 aromatic heterocycles. The zero-order valence-electron chi connectivity index (χ0n) is 17.6. The molecule has 0 saturated carbocycles. The van der Waals surface area contributed by atoms with E-state index in [1.54, 1.807) is 31.2 Å². The van der Waals surface area contributed by atoms with Crippen LogP contribution in [0.5, 0.6) is 5.75 Å². The van der Waals surface area contributed by atoms with Crippen LogP contribution in [0.25, 0.3) is 5.69 Å². The molecule has 2 aromatic carbocycles. The fourth-order valence-corrected chi connectivity index (χ4v) is 3.22. The van der Waals surface area contributed by atoms with Crippen LogP contribution in [0.1, 0.15) is 28.7 Å². The zero-order valence-corrected chi connectivity index (χ0v) is 17.6. The second kappa shape index (κ2) is 8.83. The average Bonchev–Trinajstić information content (AvgIpc) is 3.32. The smallest absolute Gasteiger partial charge is 0.228 e. The van der Waals surface area contributed by atoms with Crippen molar-refractivity contribution in [3.8, 4) is 11.4 Å². The van der Waals surface area contributed by atoms with E-state index in [1.807, 2.05) is 48.9 Å². The number of benzene rings is 2. The number of carbonyl (C=O) groups is 1. The number of anilines is 1. The van der Waals surface area contributed by atoms with Gasteiger partial charge in [0.05, 0.1) is 17.8 Å². The maximum Gasteiger partial charge on any atom is 0.228 e. The van der Waals surface area contributed by atoms with Gasteiger partial charge in [0.2, 0.25) is 17.6 Å². The summed E-state index contributed by atoms with van der Waals surface area (Å²) in [5.41, 5.74) is 4.65. The normalized spacial score (nSPS) is 10.8. The van der Waals surface area contributed by atoms with E-state index < -0.39 is 0 Å². The molecule has 0 saturated heterocycles. The number of nitrogens with one attached hydrogen (secondary N) is 1. The Morgan fingerprint density at radius 1 is 1.06 bits per heavy atom. The molecule has 0 unspecified atom stereocenters. The van der Waals surface area contributed by atoms with Gasteiger partial charge in [0.15, 0.2) is 6.61 Å². The summed E-state index contributed by atoms with van der Waals surface area (Å²) >= 11 is 0. The van der Waals surface area contributed by atoms with Crippen molar-refractivity contribution in [2.24, 2.45) is 0 Å². The first-order valence-electron chi connectivity index (χ1n) is 9.91. The summed E-state index contributed by atoms with van der Waals surface area (Å²) in [5.74, 6) is 1.55. The Kier molecular flexibility index (Phi) is 5.79. The van der Waals surface area contributed by atoms with E-state index in [4.69, 9.17) is 9.26 Å². The van der Waals surface area contributed by atoms with Gasteiger partial charge in [-0.15, -0.1) is 0 Å². The molecule has 8 heteroatoms. The molecule has 158 valence electrons. The van der Waals surface area contributed by atoms with Crippen LogP contribution in [0, 0.1) is 20.8 Å². The minimum absolute atomic E-state index is 0.0881. The molecule has 2 heterocycles. The molecule has 0 aliphatic heterocycles. The number of ether oxygens (including phenoxy) is 1. The third-order valence-electron chi connectivity index (χ3n) is 4.63. The van der Waals surface area contributed by atoms with Crippen LogP contribution in [-0.2, 0) is 17.8 Å². The lowest BCUT2D eigenvalue weighted by atomic mass is 10.1. The number of hydrogen-bond donors (Lipinski definition) is 1. The number of nitrogens with zero attached hydrogens (tertiary/aromatic N) is 4. The first kappa shape index (κ1) is 20.3. The molecule has 8 nitrogen and oxygen atoms in total. The highest BCUT2D eigenvalue weighted by molar-refractivity contribution is 5.92. The van der Waals surface area contributed by atoms with Crippen molar-refractivity contribution >= 4 is 11.6 Å². The molecule has 0 aliphatic rings. The summed E-state index contributed by atoms with van der Waals surface area (Å²) in [6, 6.07) is 17.0. The van der Waals surface area contributed by atoms with Crippen molar-refractivity contribution in [3.63, 3.8) is 0 Å². The van der Waals surface area contributed by atoms with E-state index in [2.05, 4.69) is 20.6 Å². The van der Waals surface area contributed by atoms with Gasteiger partial charge in [0, 0.05) is 18.3 Å². The SMILES string of the molecule is Cc1cc(C)n(-c2ccc(CC(=O)Nc3ccc(OCc4noc(C)n4)cc3)cc2)n1. The van der Waals surface area contributed by atoms with E-state index in [0.717, 1.165) is 22.6 Å². The third kappa shape index (κ3) is 5.16. The molecule has 4 aromatic rings. The van der Waals surface area contributed by atoms with Crippen molar-refractivity contribution in [2.75, 3.05) is 5.32 Å². The molecule has 31 heavy (non-hydrogen) atoms. The lowest BCUT2D eigenvalue weighted by molar-refractivity contribution is -0.115. The molecule has 4 rings (SSSR count). The zero-order chi connectivity index (χ0) is 21.8. The number of aromatic nitrogens is 4. The van der Waals surface area contributed by atoms with Gasteiger partial charge in [0.1, 0.15) is 5.75 Å². The summed E-state index contributed by atoms with van der Waals surface area (Å²) < 4.78 is 12.4. The molecule has 0 aliphatic carbocycles. The van der Waals surface area contributed by atoms with Crippen molar-refractivity contribution < 1.29 is 14.1 Å². The van der Waals surface area contributed by atoms with Gasteiger partial charge >= 0.3 is 0 Å². The first-order valence-corrected chi connectivity index (χ1v) is 9.91. The van der Waals surface area contributed by atoms with Crippen molar-refractivity contribution in [1.82, 2.24) is 19.9 Å². The highest BCUT2D eigenvalue weighted by Crippen LogP contribution is 2.18. The van der Waals surface area contributed by atoms with E-state index in [9.17, 15) is 4.79 Å². The Labute approximate surface area is 179 Å². The summed E-state index contributed by atoms with van der Waals surface area (Å²) in [6.45, 7) is 5.93. The Morgan fingerprint density at radius 2 is 1.81 bits per heavy atom. The summed E-state index contributed by atoms with van der Waals surface area (Å²) in [6.07, 6.45) is 0.285. The third-order valence-corrected chi connectivity index (χ3v) is 4.63. The number of aryl methyl sites for hydroxylation is 3. The Morgan fingerprint density at radius 3 is 2.42 bits per heavy atom. The van der Waals surface area contributed by atoms with Crippen LogP contribution in [-0.4, -0.2) is 25.8 Å². The van der Waals surface area contributed by atoms with Gasteiger partial charge in [-0.3, -0.25) is 4.79 Å². The van der Waals surface area contributed by atoms with E-state index in [0.29, 0.717) is 23.2 Å². The Bertz CT molecular complexity index is 1180. The topological polar surface area (TPSA) is 95.1 Å². The lowest BCUT2D eigenvalue weighted by Gasteiger charge is -2.08. The molecule has 0 bridgehead atoms. The number of amides is 1. The molecule has 0 radical (unpaired) electrons. The number of carbonyl (C=O) groups excluding carboxylic acids is 1. The highest BCUT2D eigenvalue weighted by Gasteiger charge is 2.08. The predicted molar refractivity (Wildman–Crippen MR) is 115 cm³/mol. The summed E-state index contributed by atoms with van der Waals surface area (Å²) in [5, 5.41) is 11.2. The molecule has 0 atom stereocenters. The molecule has 1 N–H and O–H groups in total. The number of hydrogen-bond acceptors (Lipinski definition) is 6. The van der Waals surface area contributed by atoms with Crippen LogP contribution in [0.2, 0.25) is 0 Å². The lowest BCUT2D eigenvalue weighted by Crippen LogP contribution is -2.14. The van der Waals surface area contributed by atoms with Crippen molar-refractivity contribution in [1.29, 1.82) is 0 Å². The Hall–Kier alpha value is -3.94. The number of rotatable bonds is 7. The van der Waals surface area contributed by atoms with E-state index in [-0.39, 0.29) is 18.9 Å². The summed E-state index contributed by atoms with van der Waals surface area (Å²) in [7, 11) is 0. The van der Waals surface area contributed by atoms with Gasteiger partial charge in [-0.25, -0.2) is 4.68 Å². The van der Waals surface area contributed by atoms with Crippen LogP contribution >= 0.6 is 0 Å². The largest absolute Gasteiger partial charge is 0.485 e. The molecule has 0 fully saturated rings. The van der Waals surface area contributed by atoms with Crippen LogP contribution in [0.4, 0.5) is 5.69 Å². The predicted octanol–water partition coefficient (Wildman–Crippen LogP) is 3.94. The maximum atomic E-state index is 12.4. The maximum absolute atomic E-state index is 12.4.